The monoisotopic (exact) mass is 280 g/mol. The largest absolute Gasteiger partial charge is 0.478 e. The van der Waals surface area contributed by atoms with Crippen molar-refractivity contribution in [3.63, 3.8) is 0 Å². The van der Waals surface area contributed by atoms with E-state index < -0.39 is 11.8 Å². The lowest BCUT2D eigenvalue weighted by atomic mass is 10.2. The lowest BCUT2D eigenvalue weighted by molar-refractivity contribution is 0.0691. The Morgan fingerprint density at radius 3 is 3.00 bits per heavy atom. The summed E-state index contributed by atoms with van der Waals surface area (Å²) in [6, 6.07) is 4.17. The van der Waals surface area contributed by atoms with Crippen LogP contribution < -0.4 is 0 Å². The summed E-state index contributed by atoms with van der Waals surface area (Å²) in [5.74, 6) is -1.10. The third-order valence-electron chi connectivity index (χ3n) is 2.56. The lowest BCUT2D eigenvalue weighted by Gasteiger charge is -2.04. The number of rotatable bonds is 6. The number of hydrogen-bond donors (Lipinski definition) is 1. The molecule has 0 unspecified atom stereocenters. The van der Waals surface area contributed by atoms with E-state index in [0.29, 0.717) is 0 Å². The van der Waals surface area contributed by atoms with Gasteiger partial charge in [-0.1, -0.05) is 0 Å². The van der Waals surface area contributed by atoms with Crippen LogP contribution in [-0.2, 0) is 6.54 Å². The fourth-order valence-corrected chi connectivity index (χ4v) is 2.49. The molecule has 0 atom stereocenters. The predicted octanol–water partition coefficient (Wildman–Crippen LogP) is 2.90. The van der Waals surface area contributed by atoms with Gasteiger partial charge < -0.3 is 9.67 Å². The molecule has 0 radical (unpaired) electrons. The molecule has 2 aromatic rings. The first-order valence-electron chi connectivity index (χ1n) is 5.78. The van der Waals surface area contributed by atoms with Gasteiger partial charge in [0.15, 0.2) is 0 Å². The zero-order chi connectivity index (χ0) is 13.7. The van der Waals surface area contributed by atoms with Gasteiger partial charge in [-0.05, 0) is 30.4 Å². The van der Waals surface area contributed by atoms with Crippen LogP contribution in [-0.4, -0.2) is 26.4 Å². The van der Waals surface area contributed by atoms with Gasteiger partial charge in [-0.3, -0.25) is 0 Å². The van der Waals surface area contributed by atoms with Crippen molar-refractivity contribution in [3.8, 4) is 0 Å². The normalized spacial score (nSPS) is 10.6. The third-order valence-corrected chi connectivity index (χ3v) is 3.64. The van der Waals surface area contributed by atoms with Crippen LogP contribution in [0.4, 0.5) is 4.39 Å². The van der Waals surface area contributed by atoms with Crippen molar-refractivity contribution in [1.29, 1.82) is 0 Å². The van der Waals surface area contributed by atoms with Crippen molar-refractivity contribution in [2.24, 2.45) is 0 Å². The number of carboxylic acid groups (broad SMARTS) is 1. The maximum absolute atomic E-state index is 13.2. The van der Waals surface area contributed by atoms with E-state index >= 15 is 0 Å². The molecule has 0 spiro atoms. The van der Waals surface area contributed by atoms with E-state index in [2.05, 4.69) is 4.98 Å². The second-order valence-electron chi connectivity index (χ2n) is 3.95. The van der Waals surface area contributed by atoms with E-state index in [1.54, 1.807) is 18.6 Å². The van der Waals surface area contributed by atoms with Crippen molar-refractivity contribution >= 4 is 17.7 Å². The van der Waals surface area contributed by atoms with Gasteiger partial charge in [0.1, 0.15) is 5.82 Å². The molecule has 1 N–H and O–H groups in total. The molecular weight excluding hydrogens is 267 g/mol. The number of benzene rings is 1. The van der Waals surface area contributed by atoms with E-state index in [0.717, 1.165) is 23.6 Å². The van der Waals surface area contributed by atoms with Gasteiger partial charge in [-0.2, -0.15) is 0 Å². The predicted molar refractivity (Wildman–Crippen MR) is 70.9 cm³/mol. The Bertz CT molecular complexity index is 558. The molecule has 6 heteroatoms. The molecule has 4 nitrogen and oxygen atoms in total. The number of imidazole rings is 1. The number of nitrogens with zero attached hydrogens (tertiary/aromatic N) is 2. The van der Waals surface area contributed by atoms with Crippen molar-refractivity contribution in [3.05, 3.63) is 48.3 Å². The smallest absolute Gasteiger partial charge is 0.338 e. The van der Waals surface area contributed by atoms with Crippen molar-refractivity contribution in [2.45, 2.75) is 17.9 Å². The Labute approximate surface area is 114 Å². The SMILES string of the molecule is O=C(O)c1cc(SCCCn2ccnc2)ccc1F. The average Bonchev–Trinajstić information content (AvgIpc) is 2.89. The molecule has 0 amide bonds. The zero-order valence-electron chi connectivity index (χ0n) is 10.1. The Hall–Kier alpha value is -1.82. The quantitative estimate of drug-likeness (QED) is 0.653. The topological polar surface area (TPSA) is 55.1 Å². The maximum Gasteiger partial charge on any atom is 0.338 e. The van der Waals surface area contributed by atoms with Crippen LogP contribution in [0.1, 0.15) is 16.8 Å². The van der Waals surface area contributed by atoms with E-state index in [1.807, 2.05) is 10.8 Å². The first-order valence-corrected chi connectivity index (χ1v) is 6.77. The van der Waals surface area contributed by atoms with E-state index in [4.69, 9.17) is 5.11 Å². The number of carboxylic acids is 1. The summed E-state index contributed by atoms with van der Waals surface area (Å²) in [7, 11) is 0. The second kappa shape index (κ2) is 6.38. The Balaban J connectivity index is 1.86. The number of aromatic nitrogens is 2. The van der Waals surface area contributed by atoms with Crippen LogP contribution in [0.2, 0.25) is 0 Å². The van der Waals surface area contributed by atoms with Gasteiger partial charge in [0.25, 0.3) is 0 Å². The van der Waals surface area contributed by atoms with E-state index in [9.17, 15) is 9.18 Å². The summed E-state index contributed by atoms with van der Waals surface area (Å²) in [6.45, 7) is 0.861. The van der Waals surface area contributed by atoms with Gasteiger partial charge in [-0.25, -0.2) is 14.2 Å². The van der Waals surface area contributed by atoms with E-state index in [-0.39, 0.29) is 5.56 Å². The Morgan fingerprint density at radius 2 is 2.32 bits per heavy atom. The number of aryl methyl sites for hydroxylation is 1. The minimum atomic E-state index is -1.24. The van der Waals surface area contributed by atoms with Crippen LogP contribution in [0.3, 0.4) is 0 Å². The summed E-state index contributed by atoms with van der Waals surface area (Å²) < 4.78 is 15.2. The minimum absolute atomic E-state index is 0.278. The molecule has 0 aliphatic heterocycles. The standard InChI is InChI=1S/C13H13FN2O2S/c14-12-3-2-10(8-11(12)13(17)18)19-7-1-5-16-6-4-15-9-16/h2-4,6,8-9H,1,5,7H2,(H,17,18). The molecule has 0 aliphatic rings. The van der Waals surface area contributed by atoms with Gasteiger partial charge in [0.05, 0.1) is 11.9 Å². The van der Waals surface area contributed by atoms with Crippen LogP contribution in [0, 0.1) is 5.82 Å². The number of carbonyl (C=O) groups is 1. The zero-order valence-corrected chi connectivity index (χ0v) is 10.9. The summed E-state index contributed by atoms with van der Waals surface area (Å²) >= 11 is 1.52. The van der Waals surface area contributed by atoms with Crippen LogP contribution in [0.15, 0.2) is 41.8 Å². The fourth-order valence-electron chi connectivity index (χ4n) is 1.61. The molecule has 2 rings (SSSR count). The van der Waals surface area contributed by atoms with Crippen LogP contribution >= 0.6 is 11.8 Å². The van der Waals surface area contributed by atoms with Crippen molar-refractivity contribution in [1.82, 2.24) is 9.55 Å². The molecule has 19 heavy (non-hydrogen) atoms. The molecule has 0 bridgehead atoms. The number of thioether (sulfide) groups is 1. The Morgan fingerprint density at radius 1 is 1.47 bits per heavy atom. The van der Waals surface area contributed by atoms with E-state index in [1.165, 1.54) is 23.9 Å². The second-order valence-corrected chi connectivity index (χ2v) is 5.12. The molecule has 0 fully saturated rings. The summed E-state index contributed by atoms with van der Waals surface area (Å²) in [6.07, 6.45) is 6.31. The lowest BCUT2D eigenvalue weighted by Crippen LogP contribution is -2.00. The molecule has 0 saturated carbocycles. The third kappa shape index (κ3) is 3.82. The molecule has 100 valence electrons. The van der Waals surface area contributed by atoms with Gasteiger partial charge in [0, 0.05) is 23.8 Å². The maximum atomic E-state index is 13.2. The summed E-state index contributed by atoms with van der Waals surface area (Å²) in [4.78, 5) is 15.5. The highest BCUT2D eigenvalue weighted by molar-refractivity contribution is 7.99. The molecule has 1 aromatic carbocycles. The molecule has 0 aliphatic carbocycles. The van der Waals surface area contributed by atoms with Gasteiger partial charge in [-0.15, -0.1) is 11.8 Å². The molecule has 0 saturated heterocycles. The average molecular weight is 280 g/mol. The summed E-state index contributed by atoms with van der Waals surface area (Å²) in [5, 5.41) is 8.83. The fraction of sp³-hybridized carbons (Fsp3) is 0.231. The van der Waals surface area contributed by atoms with Gasteiger partial charge in [0.2, 0.25) is 0 Å². The number of aromatic carboxylic acids is 1. The molecular formula is C13H13FN2O2S. The number of hydrogen-bond acceptors (Lipinski definition) is 3. The highest BCUT2D eigenvalue weighted by Crippen LogP contribution is 2.22. The van der Waals surface area contributed by atoms with Crippen LogP contribution in [0.5, 0.6) is 0 Å². The molecule has 1 aromatic heterocycles. The number of halogens is 1. The Kier molecular flexibility index (Phi) is 4.57. The first kappa shape index (κ1) is 13.6. The van der Waals surface area contributed by atoms with Gasteiger partial charge >= 0.3 is 5.97 Å². The first-order chi connectivity index (χ1) is 9.16. The highest BCUT2D eigenvalue weighted by Gasteiger charge is 2.10. The minimum Gasteiger partial charge on any atom is -0.478 e. The highest BCUT2D eigenvalue weighted by atomic mass is 32.2. The molecule has 1 heterocycles. The summed E-state index contributed by atoms with van der Waals surface area (Å²) in [5.41, 5.74) is -0.278. The van der Waals surface area contributed by atoms with Crippen molar-refractivity contribution < 1.29 is 14.3 Å². The van der Waals surface area contributed by atoms with Crippen LogP contribution in [0.25, 0.3) is 0 Å². The van der Waals surface area contributed by atoms with Crippen molar-refractivity contribution in [2.75, 3.05) is 5.75 Å².